The van der Waals surface area contributed by atoms with Crippen LogP contribution in [0.2, 0.25) is 0 Å². The van der Waals surface area contributed by atoms with Gasteiger partial charge in [0.05, 0.1) is 11.0 Å². The number of hydrogen-bond donors (Lipinski definition) is 1. The second-order valence-electron chi connectivity index (χ2n) is 10.3. The largest absolute Gasteiger partial charge is 0.444 e. The number of nitrogens with one attached hydrogen (secondary N) is 1. The van der Waals surface area contributed by atoms with E-state index >= 15 is 0 Å². The van der Waals surface area contributed by atoms with Crippen LogP contribution in [-0.2, 0) is 17.8 Å². The maximum absolute atomic E-state index is 12.7. The maximum atomic E-state index is 12.7. The van der Waals surface area contributed by atoms with Crippen LogP contribution in [0.4, 0.5) is 22.1 Å². The standard InChI is InChI=1S/C28H34N6O4/c1-28(2,3)38-27(35)33-16-10-15-23(33)17-29-25-24(34(36)37)26(31-20-30-25)32(18-21-11-6-4-7-12-21)19-22-13-8-5-9-14-22/h4-9,11-14,20,23H,10,15-19H2,1-3H3,(H,29,30,31)/t23-/m0/s1. The molecule has 38 heavy (non-hydrogen) atoms. The molecular formula is C28H34N6O4. The topological polar surface area (TPSA) is 114 Å². The zero-order valence-electron chi connectivity index (χ0n) is 22.0. The Morgan fingerprint density at radius 1 is 1.08 bits per heavy atom. The third-order valence-electron chi connectivity index (χ3n) is 6.23. The lowest BCUT2D eigenvalue weighted by Gasteiger charge is -2.29. The van der Waals surface area contributed by atoms with Gasteiger partial charge in [0.15, 0.2) is 0 Å². The van der Waals surface area contributed by atoms with Gasteiger partial charge in [-0.1, -0.05) is 60.7 Å². The van der Waals surface area contributed by atoms with Gasteiger partial charge in [-0.2, -0.15) is 0 Å². The van der Waals surface area contributed by atoms with E-state index < -0.39 is 10.5 Å². The summed E-state index contributed by atoms with van der Waals surface area (Å²) in [6, 6.07) is 19.4. The molecular weight excluding hydrogens is 484 g/mol. The van der Waals surface area contributed by atoms with Crippen molar-refractivity contribution in [3.8, 4) is 0 Å². The molecule has 200 valence electrons. The molecule has 1 aliphatic rings. The zero-order valence-corrected chi connectivity index (χ0v) is 22.0. The second kappa shape index (κ2) is 11.9. The first-order valence-corrected chi connectivity index (χ1v) is 12.8. The van der Waals surface area contributed by atoms with Crippen LogP contribution in [0.15, 0.2) is 67.0 Å². The van der Waals surface area contributed by atoms with E-state index in [1.807, 2.05) is 86.3 Å². The van der Waals surface area contributed by atoms with E-state index in [4.69, 9.17) is 4.74 Å². The van der Waals surface area contributed by atoms with Crippen molar-refractivity contribution in [1.29, 1.82) is 0 Å². The maximum Gasteiger partial charge on any atom is 0.410 e. The number of benzene rings is 2. The Kier molecular flexibility index (Phi) is 8.40. The normalized spacial score (nSPS) is 15.2. The van der Waals surface area contributed by atoms with Crippen LogP contribution in [-0.4, -0.2) is 50.6 Å². The minimum Gasteiger partial charge on any atom is -0.444 e. The van der Waals surface area contributed by atoms with Crippen LogP contribution in [0.5, 0.6) is 0 Å². The van der Waals surface area contributed by atoms with Crippen LogP contribution in [0.1, 0.15) is 44.7 Å². The summed E-state index contributed by atoms with van der Waals surface area (Å²) in [5.41, 5.74) is 1.22. The lowest BCUT2D eigenvalue weighted by Crippen LogP contribution is -2.42. The highest BCUT2D eigenvalue weighted by atomic mass is 16.6. The molecule has 0 aliphatic carbocycles. The Hall–Kier alpha value is -4.21. The van der Waals surface area contributed by atoms with Gasteiger partial charge in [-0.05, 0) is 44.7 Å². The van der Waals surface area contributed by atoms with E-state index in [2.05, 4.69) is 15.3 Å². The number of hydrogen-bond acceptors (Lipinski definition) is 8. The monoisotopic (exact) mass is 518 g/mol. The second-order valence-corrected chi connectivity index (χ2v) is 10.3. The Morgan fingerprint density at radius 2 is 1.68 bits per heavy atom. The van der Waals surface area contributed by atoms with Crippen LogP contribution in [0, 0.1) is 10.1 Å². The average Bonchev–Trinajstić information content (AvgIpc) is 3.36. The summed E-state index contributed by atoms with van der Waals surface area (Å²) in [7, 11) is 0. The molecule has 0 spiro atoms. The van der Waals surface area contributed by atoms with Crippen LogP contribution in [0.3, 0.4) is 0 Å². The summed E-state index contributed by atoms with van der Waals surface area (Å²) in [6.45, 7) is 7.25. The molecule has 2 aromatic carbocycles. The van der Waals surface area contributed by atoms with Gasteiger partial charge in [0, 0.05) is 26.2 Å². The molecule has 1 saturated heterocycles. The minimum absolute atomic E-state index is 0.127. The van der Waals surface area contributed by atoms with Crippen molar-refractivity contribution in [3.63, 3.8) is 0 Å². The summed E-state index contributed by atoms with van der Waals surface area (Å²) >= 11 is 0. The molecule has 10 nitrogen and oxygen atoms in total. The summed E-state index contributed by atoms with van der Waals surface area (Å²) in [5.74, 6) is 0.359. The molecule has 4 rings (SSSR count). The predicted molar refractivity (Wildman–Crippen MR) is 146 cm³/mol. The molecule has 1 atom stereocenters. The number of aromatic nitrogens is 2. The van der Waals surface area contributed by atoms with Gasteiger partial charge in [0.25, 0.3) is 0 Å². The van der Waals surface area contributed by atoms with Gasteiger partial charge in [0.2, 0.25) is 11.6 Å². The molecule has 2 heterocycles. The smallest absolute Gasteiger partial charge is 0.410 e. The number of carbonyl (C=O) groups excluding carboxylic acids is 1. The molecule has 0 radical (unpaired) electrons. The Labute approximate surface area is 222 Å². The van der Waals surface area contributed by atoms with Crippen molar-refractivity contribution in [1.82, 2.24) is 14.9 Å². The van der Waals surface area contributed by atoms with Crippen LogP contribution in [0.25, 0.3) is 0 Å². The first-order chi connectivity index (χ1) is 18.2. The van der Waals surface area contributed by atoms with Gasteiger partial charge in [-0.3, -0.25) is 10.1 Å². The fourth-order valence-electron chi connectivity index (χ4n) is 4.53. The number of rotatable bonds is 9. The van der Waals surface area contributed by atoms with Crippen LogP contribution >= 0.6 is 0 Å². The number of amides is 1. The number of anilines is 2. The molecule has 1 aromatic heterocycles. The lowest BCUT2D eigenvalue weighted by molar-refractivity contribution is -0.383. The molecule has 0 bridgehead atoms. The van der Waals surface area contributed by atoms with E-state index in [0.717, 1.165) is 24.0 Å². The molecule has 3 aromatic rings. The quantitative estimate of drug-likeness (QED) is 0.296. The summed E-state index contributed by atoms with van der Waals surface area (Å²) in [4.78, 5) is 36.8. The zero-order chi connectivity index (χ0) is 27.1. The van der Waals surface area contributed by atoms with E-state index in [-0.39, 0.29) is 29.5 Å². The number of carbonyl (C=O) groups is 1. The fourth-order valence-corrected chi connectivity index (χ4v) is 4.53. The van der Waals surface area contributed by atoms with Crippen molar-refractivity contribution in [2.45, 2.75) is 58.3 Å². The summed E-state index contributed by atoms with van der Waals surface area (Å²) in [6.07, 6.45) is 2.57. The van der Waals surface area contributed by atoms with Gasteiger partial charge in [0.1, 0.15) is 11.9 Å². The highest BCUT2D eigenvalue weighted by Crippen LogP contribution is 2.34. The van der Waals surface area contributed by atoms with Gasteiger partial charge < -0.3 is 19.9 Å². The molecule has 1 N–H and O–H groups in total. The first-order valence-electron chi connectivity index (χ1n) is 12.8. The third kappa shape index (κ3) is 6.96. The Balaban J connectivity index is 1.59. The minimum atomic E-state index is -0.598. The Morgan fingerprint density at radius 3 is 2.24 bits per heavy atom. The van der Waals surface area contributed by atoms with E-state index in [9.17, 15) is 14.9 Å². The summed E-state index contributed by atoms with van der Waals surface area (Å²) in [5, 5.41) is 15.5. The number of ether oxygens (including phenoxy) is 1. The SMILES string of the molecule is CC(C)(C)OC(=O)N1CCC[C@H]1CNc1ncnc(N(Cc2ccccc2)Cc2ccccc2)c1[N+](=O)[O-]. The van der Waals surface area contributed by atoms with E-state index in [1.165, 1.54) is 6.33 Å². The van der Waals surface area contributed by atoms with Gasteiger partial charge in [-0.15, -0.1) is 0 Å². The lowest BCUT2D eigenvalue weighted by atomic mass is 10.1. The Bertz CT molecular complexity index is 1190. The van der Waals surface area contributed by atoms with Crippen molar-refractivity contribution < 1.29 is 14.5 Å². The highest BCUT2D eigenvalue weighted by molar-refractivity contribution is 5.71. The number of likely N-dealkylation sites (tertiary alicyclic amines) is 1. The van der Waals surface area contributed by atoms with Gasteiger partial charge in [-0.25, -0.2) is 14.8 Å². The molecule has 10 heteroatoms. The highest BCUT2D eigenvalue weighted by Gasteiger charge is 2.33. The third-order valence-corrected chi connectivity index (χ3v) is 6.23. The molecule has 1 aliphatic heterocycles. The van der Waals surface area contributed by atoms with Crippen molar-refractivity contribution in [2.75, 3.05) is 23.3 Å². The van der Waals surface area contributed by atoms with E-state index in [1.54, 1.807) is 4.90 Å². The number of nitro groups is 1. The van der Waals surface area contributed by atoms with Crippen molar-refractivity contribution in [3.05, 3.63) is 88.2 Å². The van der Waals surface area contributed by atoms with E-state index in [0.29, 0.717) is 26.2 Å². The average molecular weight is 519 g/mol. The molecule has 1 amide bonds. The number of nitrogens with zero attached hydrogens (tertiary/aromatic N) is 5. The van der Waals surface area contributed by atoms with Gasteiger partial charge >= 0.3 is 11.8 Å². The molecule has 0 unspecified atom stereocenters. The molecule has 0 saturated carbocycles. The molecule has 1 fully saturated rings. The summed E-state index contributed by atoms with van der Waals surface area (Å²) < 4.78 is 5.55. The van der Waals surface area contributed by atoms with Crippen molar-refractivity contribution >= 4 is 23.4 Å². The van der Waals surface area contributed by atoms with Crippen molar-refractivity contribution in [2.24, 2.45) is 0 Å². The predicted octanol–water partition coefficient (Wildman–Crippen LogP) is 5.40. The fraction of sp³-hybridized carbons (Fsp3) is 0.393. The first kappa shape index (κ1) is 26.8. The van der Waals surface area contributed by atoms with Crippen LogP contribution < -0.4 is 10.2 Å².